The molecule has 4 aromatic rings. The number of rotatable bonds is 1. The summed E-state index contributed by atoms with van der Waals surface area (Å²) < 4.78 is 0. The Morgan fingerprint density at radius 1 is 0.818 bits per heavy atom. The number of phenols is 1. The number of fused-ring (bicyclic) bond motifs is 2. The maximum Gasteiger partial charge on any atom is 0.272 e. The SMILES string of the molecule is O=c1[nH]nc(-c2c(O)ccc3ccccc23)c2ccccc12. The highest BCUT2D eigenvalue weighted by Gasteiger charge is 2.15. The van der Waals surface area contributed by atoms with E-state index in [9.17, 15) is 9.90 Å². The highest BCUT2D eigenvalue weighted by atomic mass is 16.3. The molecule has 0 saturated carbocycles. The lowest BCUT2D eigenvalue weighted by Crippen LogP contribution is -2.09. The van der Waals surface area contributed by atoms with Crippen molar-refractivity contribution in [2.45, 2.75) is 0 Å². The van der Waals surface area contributed by atoms with Crippen LogP contribution in [0.25, 0.3) is 32.8 Å². The van der Waals surface area contributed by atoms with Gasteiger partial charge in [0.1, 0.15) is 11.4 Å². The van der Waals surface area contributed by atoms with Crippen molar-refractivity contribution in [3.8, 4) is 17.0 Å². The van der Waals surface area contributed by atoms with Crippen LogP contribution in [0.4, 0.5) is 0 Å². The van der Waals surface area contributed by atoms with Crippen molar-refractivity contribution in [1.29, 1.82) is 0 Å². The fraction of sp³-hybridized carbons (Fsp3) is 0. The van der Waals surface area contributed by atoms with E-state index in [1.807, 2.05) is 48.5 Å². The number of hydrogen-bond donors (Lipinski definition) is 2. The zero-order valence-corrected chi connectivity index (χ0v) is 11.6. The van der Waals surface area contributed by atoms with Crippen LogP contribution in [0.2, 0.25) is 0 Å². The van der Waals surface area contributed by atoms with Crippen LogP contribution in [0.15, 0.2) is 65.5 Å². The van der Waals surface area contributed by atoms with Gasteiger partial charge in [-0.15, -0.1) is 0 Å². The minimum atomic E-state index is -0.237. The van der Waals surface area contributed by atoms with Crippen LogP contribution in [0, 0.1) is 0 Å². The van der Waals surface area contributed by atoms with Crippen molar-refractivity contribution >= 4 is 21.5 Å². The highest BCUT2D eigenvalue weighted by Crippen LogP contribution is 2.37. The molecule has 0 aliphatic carbocycles. The molecule has 0 amide bonds. The lowest BCUT2D eigenvalue weighted by molar-refractivity contribution is 0.478. The first-order valence-electron chi connectivity index (χ1n) is 6.94. The maximum absolute atomic E-state index is 11.9. The second kappa shape index (κ2) is 4.70. The van der Waals surface area contributed by atoms with E-state index in [1.54, 1.807) is 12.1 Å². The number of aromatic hydroxyl groups is 1. The molecule has 4 rings (SSSR count). The Balaban J connectivity index is 2.19. The topological polar surface area (TPSA) is 66.0 Å². The molecule has 2 N–H and O–H groups in total. The molecule has 0 spiro atoms. The van der Waals surface area contributed by atoms with Crippen molar-refractivity contribution in [3.05, 3.63) is 71.0 Å². The van der Waals surface area contributed by atoms with Crippen LogP contribution in [-0.4, -0.2) is 15.3 Å². The summed E-state index contributed by atoms with van der Waals surface area (Å²) in [6.45, 7) is 0. The van der Waals surface area contributed by atoms with E-state index in [0.717, 1.165) is 16.2 Å². The van der Waals surface area contributed by atoms with Crippen LogP contribution in [0.5, 0.6) is 5.75 Å². The lowest BCUT2D eigenvalue weighted by atomic mass is 9.98. The zero-order chi connectivity index (χ0) is 15.1. The van der Waals surface area contributed by atoms with E-state index in [2.05, 4.69) is 10.2 Å². The van der Waals surface area contributed by atoms with E-state index >= 15 is 0 Å². The molecule has 106 valence electrons. The number of hydrogen-bond acceptors (Lipinski definition) is 3. The number of aromatic nitrogens is 2. The summed E-state index contributed by atoms with van der Waals surface area (Å²) in [5.41, 5.74) is 0.967. The molecule has 0 bridgehead atoms. The Hall–Kier alpha value is -3.14. The summed E-state index contributed by atoms with van der Waals surface area (Å²) in [5.74, 6) is 0.142. The monoisotopic (exact) mass is 288 g/mol. The Morgan fingerprint density at radius 3 is 2.32 bits per heavy atom. The molecule has 22 heavy (non-hydrogen) atoms. The van der Waals surface area contributed by atoms with Gasteiger partial charge >= 0.3 is 0 Å². The van der Waals surface area contributed by atoms with Crippen LogP contribution in [0.1, 0.15) is 0 Å². The second-order valence-electron chi connectivity index (χ2n) is 5.13. The first-order chi connectivity index (χ1) is 10.8. The zero-order valence-electron chi connectivity index (χ0n) is 11.6. The normalized spacial score (nSPS) is 11.1. The molecule has 0 atom stereocenters. The summed E-state index contributed by atoms with van der Waals surface area (Å²) >= 11 is 0. The summed E-state index contributed by atoms with van der Waals surface area (Å²) in [5, 5.41) is 20.2. The van der Waals surface area contributed by atoms with Gasteiger partial charge in [0.15, 0.2) is 0 Å². The average molecular weight is 288 g/mol. The maximum atomic E-state index is 11.9. The van der Waals surface area contributed by atoms with Gasteiger partial charge in [-0.1, -0.05) is 48.5 Å². The Labute approximate surface area is 125 Å². The van der Waals surface area contributed by atoms with Gasteiger partial charge in [-0.3, -0.25) is 4.79 Å². The first-order valence-corrected chi connectivity index (χ1v) is 6.94. The molecule has 0 fully saturated rings. The van der Waals surface area contributed by atoms with Gasteiger partial charge in [0, 0.05) is 5.39 Å². The molecule has 1 aromatic heterocycles. The molecule has 0 radical (unpaired) electrons. The molecule has 0 aliphatic heterocycles. The molecule has 0 saturated heterocycles. The fourth-order valence-corrected chi connectivity index (χ4v) is 2.81. The van der Waals surface area contributed by atoms with E-state index in [4.69, 9.17) is 0 Å². The van der Waals surface area contributed by atoms with Crippen LogP contribution < -0.4 is 5.56 Å². The average Bonchev–Trinajstić information content (AvgIpc) is 2.56. The van der Waals surface area contributed by atoms with Crippen LogP contribution in [0.3, 0.4) is 0 Å². The molecule has 4 nitrogen and oxygen atoms in total. The van der Waals surface area contributed by atoms with Gasteiger partial charge in [-0.2, -0.15) is 5.10 Å². The number of aromatic amines is 1. The minimum absolute atomic E-state index is 0.142. The summed E-state index contributed by atoms with van der Waals surface area (Å²) in [7, 11) is 0. The van der Waals surface area contributed by atoms with E-state index in [1.165, 1.54) is 0 Å². The standard InChI is InChI=1S/C18H12N2O2/c21-15-10-9-11-5-1-2-6-12(11)16(15)17-13-7-3-4-8-14(13)18(22)20-19-17/h1-10,21H,(H,20,22). The first kappa shape index (κ1) is 12.6. The van der Waals surface area contributed by atoms with Gasteiger partial charge in [0.2, 0.25) is 0 Å². The molecule has 3 aromatic carbocycles. The number of phenolic OH excluding ortho intramolecular Hbond substituents is 1. The van der Waals surface area contributed by atoms with Gasteiger partial charge < -0.3 is 5.11 Å². The van der Waals surface area contributed by atoms with Gasteiger partial charge in [0.25, 0.3) is 5.56 Å². The predicted molar refractivity (Wildman–Crippen MR) is 87.0 cm³/mol. The highest BCUT2D eigenvalue weighted by molar-refractivity contribution is 6.05. The number of nitrogens with zero attached hydrogens (tertiary/aromatic N) is 1. The van der Waals surface area contributed by atoms with Crippen molar-refractivity contribution in [3.63, 3.8) is 0 Å². The summed E-state index contributed by atoms with van der Waals surface area (Å²) in [6, 6.07) is 18.6. The van der Waals surface area contributed by atoms with Crippen LogP contribution in [-0.2, 0) is 0 Å². The van der Waals surface area contributed by atoms with Crippen molar-refractivity contribution in [2.75, 3.05) is 0 Å². The third kappa shape index (κ3) is 1.78. The van der Waals surface area contributed by atoms with Gasteiger partial charge in [-0.25, -0.2) is 5.10 Å². The molecule has 4 heteroatoms. The molecule has 0 unspecified atom stereocenters. The van der Waals surface area contributed by atoms with Crippen molar-refractivity contribution in [1.82, 2.24) is 10.2 Å². The molecular weight excluding hydrogens is 276 g/mol. The Kier molecular flexibility index (Phi) is 2.69. The van der Waals surface area contributed by atoms with Gasteiger partial charge in [0.05, 0.1) is 10.9 Å². The summed E-state index contributed by atoms with van der Waals surface area (Å²) in [4.78, 5) is 11.9. The van der Waals surface area contributed by atoms with Gasteiger partial charge in [-0.05, 0) is 22.9 Å². The number of benzene rings is 3. The van der Waals surface area contributed by atoms with Crippen LogP contribution >= 0.6 is 0 Å². The minimum Gasteiger partial charge on any atom is -0.507 e. The smallest absolute Gasteiger partial charge is 0.272 e. The fourth-order valence-electron chi connectivity index (χ4n) is 2.81. The lowest BCUT2D eigenvalue weighted by Gasteiger charge is -2.10. The Bertz CT molecular complexity index is 1070. The number of nitrogens with one attached hydrogen (secondary N) is 1. The van der Waals surface area contributed by atoms with E-state index < -0.39 is 0 Å². The largest absolute Gasteiger partial charge is 0.507 e. The quantitative estimate of drug-likeness (QED) is 0.564. The molecule has 0 aliphatic rings. The van der Waals surface area contributed by atoms with E-state index in [0.29, 0.717) is 16.6 Å². The third-order valence-corrected chi connectivity index (χ3v) is 3.84. The summed E-state index contributed by atoms with van der Waals surface area (Å²) in [6.07, 6.45) is 0. The third-order valence-electron chi connectivity index (χ3n) is 3.84. The molecular formula is C18H12N2O2. The van der Waals surface area contributed by atoms with E-state index in [-0.39, 0.29) is 11.3 Å². The molecule has 1 heterocycles. The predicted octanol–water partition coefficient (Wildman–Crippen LogP) is 3.45. The van der Waals surface area contributed by atoms with Crippen molar-refractivity contribution < 1.29 is 5.11 Å². The number of H-pyrrole nitrogens is 1. The second-order valence-corrected chi connectivity index (χ2v) is 5.13. The Morgan fingerprint density at radius 2 is 1.50 bits per heavy atom. The van der Waals surface area contributed by atoms with Crippen molar-refractivity contribution in [2.24, 2.45) is 0 Å².